The van der Waals surface area contributed by atoms with Gasteiger partial charge in [0.15, 0.2) is 13.6 Å². The molecular weight excluding hydrogens is 166 g/mol. The lowest BCUT2D eigenvalue weighted by molar-refractivity contribution is -0.517. The molecule has 0 aromatic rings. The van der Waals surface area contributed by atoms with Gasteiger partial charge in [-0.3, -0.25) is 4.79 Å². The van der Waals surface area contributed by atoms with Crippen LogP contribution in [0.2, 0.25) is 0 Å². The van der Waals surface area contributed by atoms with Crippen molar-refractivity contribution in [2.45, 2.75) is 45.4 Å². The Kier molecular flexibility index (Phi) is 7.45. The second-order valence-electron chi connectivity index (χ2n) is 3.45. The molecule has 0 fully saturated rings. The number of unbranched alkanes of at least 4 members (excludes halogenated alkanes) is 3. The Bertz CT molecular complexity index is 166. The van der Waals surface area contributed by atoms with Gasteiger partial charge in [-0.2, -0.15) is 0 Å². The summed E-state index contributed by atoms with van der Waals surface area (Å²) in [5, 5.41) is 0. The Labute approximate surface area is 80.1 Å². The third-order valence-corrected chi connectivity index (χ3v) is 2.01. The van der Waals surface area contributed by atoms with Crippen molar-refractivity contribution < 1.29 is 9.55 Å². The highest BCUT2D eigenvalue weighted by atomic mass is 16.3. The summed E-state index contributed by atoms with van der Waals surface area (Å²) in [6, 6.07) is 0. The van der Waals surface area contributed by atoms with E-state index in [1.807, 2.05) is 0 Å². The molecule has 0 atom stereocenters. The molecule has 13 heavy (non-hydrogen) atoms. The normalized spacial score (nSPS) is 10.0. The second kappa shape index (κ2) is 7.90. The van der Waals surface area contributed by atoms with E-state index in [1.54, 1.807) is 0 Å². The Morgan fingerprint density at radius 2 is 1.85 bits per heavy atom. The molecule has 0 saturated carbocycles. The number of carbonyl (C=O) groups excluding carboxylic acids is 1. The molecular formula is C10H20NO2+. The molecule has 0 aliphatic carbocycles. The van der Waals surface area contributed by atoms with Crippen molar-refractivity contribution in [3.05, 3.63) is 4.91 Å². The van der Waals surface area contributed by atoms with Crippen LogP contribution in [0.5, 0.6) is 0 Å². The van der Waals surface area contributed by atoms with Gasteiger partial charge >= 0.3 is 0 Å². The van der Waals surface area contributed by atoms with Gasteiger partial charge in [0.25, 0.3) is 0 Å². The summed E-state index contributed by atoms with van der Waals surface area (Å²) in [6.45, 7) is 2.49. The fourth-order valence-electron chi connectivity index (χ4n) is 1.16. The summed E-state index contributed by atoms with van der Waals surface area (Å²) in [6.07, 6.45) is 5.57. The van der Waals surface area contributed by atoms with E-state index in [2.05, 4.69) is 6.92 Å². The summed E-state index contributed by atoms with van der Waals surface area (Å²) >= 11 is 0. The third kappa shape index (κ3) is 9.18. The molecule has 0 saturated heterocycles. The predicted molar refractivity (Wildman–Crippen MR) is 52.8 cm³/mol. The van der Waals surface area contributed by atoms with Gasteiger partial charge in [-0.1, -0.05) is 26.2 Å². The lowest BCUT2D eigenvalue weighted by Gasteiger charge is -1.97. The minimum absolute atomic E-state index is 0.221. The van der Waals surface area contributed by atoms with Crippen LogP contribution in [0.25, 0.3) is 0 Å². The van der Waals surface area contributed by atoms with Gasteiger partial charge in [-0.15, -0.1) is 0 Å². The maximum absolute atomic E-state index is 11.1. The SMILES string of the molecule is CCCCCCC(=O)CC[N+](C)=O. The highest BCUT2D eigenvalue weighted by Gasteiger charge is 2.06. The molecule has 0 N–H and O–H groups in total. The van der Waals surface area contributed by atoms with Crippen molar-refractivity contribution in [1.82, 2.24) is 0 Å². The first-order valence-corrected chi connectivity index (χ1v) is 5.06. The van der Waals surface area contributed by atoms with E-state index in [4.69, 9.17) is 0 Å². The van der Waals surface area contributed by atoms with Crippen molar-refractivity contribution in [1.29, 1.82) is 0 Å². The van der Waals surface area contributed by atoms with Gasteiger partial charge in [-0.25, -0.2) is 0 Å². The maximum atomic E-state index is 11.1. The molecule has 0 rings (SSSR count). The number of carbonyl (C=O) groups is 1. The first-order valence-electron chi connectivity index (χ1n) is 5.06. The van der Waals surface area contributed by atoms with E-state index in [1.165, 1.54) is 19.9 Å². The largest absolute Gasteiger partial charge is 0.299 e. The van der Waals surface area contributed by atoms with Crippen LogP contribution in [0.1, 0.15) is 45.4 Å². The number of hydrogen-bond donors (Lipinski definition) is 0. The van der Waals surface area contributed by atoms with Gasteiger partial charge in [0.2, 0.25) is 0 Å². The molecule has 0 bridgehead atoms. The van der Waals surface area contributed by atoms with Gasteiger partial charge in [-0.05, 0) is 11.2 Å². The fourth-order valence-corrected chi connectivity index (χ4v) is 1.16. The van der Waals surface area contributed by atoms with Crippen LogP contribution in [0.15, 0.2) is 0 Å². The number of ketones is 1. The summed E-state index contributed by atoms with van der Waals surface area (Å²) in [5.74, 6) is 0.221. The Hall–Kier alpha value is -0.730. The molecule has 0 spiro atoms. The van der Waals surface area contributed by atoms with E-state index in [0.717, 1.165) is 17.6 Å². The van der Waals surface area contributed by atoms with E-state index in [9.17, 15) is 9.70 Å². The molecule has 0 radical (unpaired) electrons. The standard InChI is InChI=1S/C10H20NO2/c1-3-4-5-6-7-10(12)8-9-11(2)13/h3-9H2,1-2H3/q+1. The number of nitrogens with zero attached hydrogens (tertiary/aromatic N) is 1. The molecule has 0 aromatic carbocycles. The van der Waals surface area contributed by atoms with Crippen molar-refractivity contribution >= 4 is 5.78 Å². The van der Waals surface area contributed by atoms with Crippen LogP contribution in [-0.4, -0.2) is 24.1 Å². The van der Waals surface area contributed by atoms with Gasteiger partial charge in [0.05, 0.1) is 6.42 Å². The second-order valence-corrected chi connectivity index (χ2v) is 3.45. The zero-order chi connectivity index (χ0) is 10.1. The molecule has 3 heteroatoms. The Morgan fingerprint density at radius 3 is 2.38 bits per heavy atom. The van der Waals surface area contributed by atoms with Crippen molar-refractivity contribution in [3.63, 3.8) is 0 Å². The Morgan fingerprint density at radius 1 is 1.15 bits per heavy atom. The number of hydrogen-bond acceptors (Lipinski definition) is 2. The average Bonchev–Trinajstić information content (AvgIpc) is 2.09. The minimum atomic E-state index is 0.221. The average molecular weight is 186 g/mol. The monoisotopic (exact) mass is 186 g/mol. The fraction of sp³-hybridized carbons (Fsp3) is 0.900. The minimum Gasteiger partial charge on any atom is -0.299 e. The third-order valence-electron chi connectivity index (χ3n) is 2.01. The summed E-state index contributed by atoms with van der Waals surface area (Å²) in [5.41, 5.74) is 0. The lowest BCUT2D eigenvalue weighted by atomic mass is 10.1. The zero-order valence-corrected chi connectivity index (χ0v) is 8.71. The van der Waals surface area contributed by atoms with Gasteiger partial charge in [0, 0.05) is 11.3 Å². The highest BCUT2D eigenvalue weighted by Crippen LogP contribution is 2.04. The van der Waals surface area contributed by atoms with Crippen molar-refractivity contribution in [2.75, 3.05) is 13.6 Å². The van der Waals surface area contributed by atoms with E-state index in [-0.39, 0.29) is 5.78 Å². The quantitative estimate of drug-likeness (QED) is 0.431. The van der Waals surface area contributed by atoms with Crippen molar-refractivity contribution in [2.24, 2.45) is 0 Å². The van der Waals surface area contributed by atoms with E-state index in [0.29, 0.717) is 19.4 Å². The Balaban J connectivity index is 3.25. The molecule has 76 valence electrons. The summed E-state index contributed by atoms with van der Waals surface area (Å²) < 4.78 is 0.809. The number of Topliss-reactive ketones (excluding diaryl/α,β-unsaturated/α-hetero) is 1. The molecule has 3 nitrogen and oxygen atoms in total. The van der Waals surface area contributed by atoms with Crippen molar-refractivity contribution in [3.8, 4) is 0 Å². The van der Waals surface area contributed by atoms with Crippen LogP contribution in [0.3, 0.4) is 0 Å². The number of nitroso groups, excluding NO2 is 1. The van der Waals surface area contributed by atoms with Crippen LogP contribution < -0.4 is 0 Å². The predicted octanol–water partition coefficient (Wildman–Crippen LogP) is 2.32. The van der Waals surface area contributed by atoms with E-state index < -0.39 is 0 Å². The van der Waals surface area contributed by atoms with Crippen LogP contribution in [0, 0.1) is 4.91 Å². The summed E-state index contributed by atoms with van der Waals surface area (Å²) in [4.78, 5) is 21.6. The molecule has 0 amide bonds. The zero-order valence-electron chi connectivity index (χ0n) is 8.71. The first kappa shape index (κ1) is 12.3. The maximum Gasteiger partial charge on any atom is 0.198 e. The molecule has 0 aliphatic heterocycles. The van der Waals surface area contributed by atoms with E-state index >= 15 is 0 Å². The summed E-state index contributed by atoms with van der Waals surface area (Å²) in [7, 11) is 1.45. The first-order chi connectivity index (χ1) is 6.16. The molecule has 0 aromatic heterocycles. The van der Waals surface area contributed by atoms with Gasteiger partial charge < -0.3 is 0 Å². The molecule has 0 unspecified atom stereocenters. The number of rotatable bonds is 8. The van der Waals surface area contributed by atoms with Crippen LogP contribution in [-0.2, 0) is 4.79 Å². The highest BCUT2D eigenvalue weighted by molar-refractivity contribution is 5.78. The van der Waals surface area contributed by atoms with Gasteiger partial charge in [0.1, 0.15) is 5.78 Å². The lowest BCUT2D eigenvalue weighted by Crippen LogP contribution is -2.09. The van der Waals surface area contributed by atoms with Crippen LogP contribution in [0.4, 0.5) is 0 Å². The molecule has 0 heterocycles. The van der Waals surface area contributed by atoms with Crippen LogP contribution >= 0.6 is 0 Å². The topological polar surface area (TPSA) is 37.1 Å². The smallest absolute Gasteiger partial charge is 0.198 e. The molecule has 0 aliphatic rings.